The lowest BCUT2D eigenvalue weighted by molar-refractivity contribution is -0.138. The average Bonchev–Trinajstić information content (AvgIpc) is 3.08. The molecule has 3 rings (SSSR count). The Morgan fingerprint density at radius 1 is 1.13 bits per heavy atom. The molecule has 1 saturated heterocycles. The van der Waals surface area contributed by atoms with E-state index in [-0.39, 0.29) is 0 Å². The van der Waals surface area contributed by atoms with E-state index in [1.165, 1.54) is 19.3 Å². The fourth-order valence-electron chi connectivity index (χ4n) is 3.91. The third-order valence-electron chi connectivity index (χ3n) is 5.41. The first-order chi connectivity index (χ1) is 11.3. The van der Waals surface area contributed by atoms with Crippen molar-refractivity contribution in [2.24, 2.45) is 5.92 Å². The number of aromatic nitrogens is 2. The summed E-state index contributed by atoms with van der Waals surface area (Å²) in [7, 11) is 0. The monoisotopic (exact) mass is 318 g/mol. The Balaban J connectivity index is 1.42. The molecule has 0 radical (unpaired) electrons. The van der Waals surface area contributed by atoms with E-state index in [0.717, 1.165) is 64.4 Å². The van der Waals surface area contributed by atoms with Crippen molar-refractivity contribution in [2.75, 3.05) is 32.7 Å². The first kappa shape index (κ1) is 16.5. The molecule has 2 fully saturated rings. The lowest BCUT2D eigenvalue weighted by atomic mass is 9.88. The number of rotatable bonds is 5. The van der Waals surface area contributed by atoms with E-state index in [2.05, 4.69) is 32.5 Å². The molecular weight excluding hydrogens is 288 g/mol. The SMILES string of the molecule is CCc1nccn1CCN1CCN(C(=O)C2CCCCC2)CC1. The van der Waals surface area contributed by atoms with E-state index in [1.807, 2.05) is 6.20 Å². The summed E-state index contributed by atoms with van der Waals surface area (Å²) in [5, 5.41) is 0. The topological polar surface area (TPSA) is 41.4 Å². The lowest BCUT2D eigenvalue weighted by Gasteiger charge is -2.37. The standard InChI is InChI=1S/C18H30N4O/c1-2-17-19-8-9-21(17)13-10-20-11-14-22(15-12-20)18(23)16-6-4-3-5-7-16/h8-9,16H,2-7,10-15H2,1H3. The molecule has 1 saturated carbocycles. The summed E-state index contributed by atoms with van der Waals surface area (Å²) in [5.74, 6) is 1.90. The van der Waals surface area contributed by atoms with Gasteiger partial charge in [0.05, 0.1) is 0 Å². The van der Waals surface area contributed by atoms with Gasteiger partial charge in [-0.05, 0) is 12.8 Å². The second-order valence-corrected chi connectivity index (χ2v) is 6.89. The average molecular weight is 318 g/mol. The summed E-state index contributed by atoms with van der Waals surface area (Å²) in [6.45, 7) is 8.02. The third kappa shape index (κ3) is 4.14. The number of hydrogen-bond donors (Lipinski definition) is 0. The van der Waals surface area contributed by atoms with Crippen LogP contribution in [0.15, 0.2) is 12.4 Å². The number of carbonyl (C=O) groups excluding carboxylic acids is 1. The van der Waals surface area contributed by atoms with Crippen molar-refractivity contribution in [3.8, 4) is 0 Å². The maximum absolute atomic E-state index is 12.6. The Morgan fingerprint density at radius 2 is 1.87 bits per heavy atom. The maximum atomic E-state index is 12.6. The Labute approximate surface area is 139 Å². The van der Waals surface area contributed by atoms with Crippen molar-refractivity contribution in [3.63, 3.8) is 0 Å². The van der Waals surface area contributed by atoms with Gasteiger partial charge in [-0.2, -0.15) is 0 Å². The van der Waals surface area contributed by atoms with Gasteiger partial charge in [0, 0.05) is 64.0 Å². The highest BCUT2D eigenvalue weighted by atomic mass is 16.2. The smallest absolute Gasteiger partial charge is 0.225 e. The molecule has 2 aliphatic rings. The van der Waals surface area contributed by atoms with Gasteiger partial charge >= 0.3 is 0 Å². The molecular formula is C18H30N4O. The van der Waals surface area contributed by atoms with Gasteiger partial charge in [-0.1, -0.05) is 26.2 Å². The van der Waals surface area contributed by atoms with Gasteiger partial charge in [0.25, 0.3) is 0 Å². The second kappa shape index (κ2) is 7.95. The van der Waals surface area contributed by atoms with Gasteiger partial charge in [-0.15, -0.1) is 0 Å². The highest BCUT2D eigenvalue weighted by Crippen LogP contribution is 2.25. The van der Waals surface area contributed by atoms with Crippen LogP contribution in [0.5, 0.6) is 0 Å². The molecule has 1 aliphatic carbocycles. The Kier molecular flexibility index (Phi) is 5.70. The molecule has 0 N–H and O–H groups in total. The lowest BCUT2D eigenvalue weighted by Crippen LogP contribution is -2.51. The van der Waals surface area contributed by atoms with Gasteiger partial charge in [-0.3, -0.25) is 9.69 Å². The summed E-state index contributed by atoms with van der Waals surface area (Å²) >= 11 is 0. The van der Waals surface area contributed by atoms with Crippen LogP contribution in [0.2, 0.25) is 0 Å². The largest absolute Gasteiger partial charge is 0.340 e. The van der Waals surface area contributed by atoms with E-state index in [0.29, 0.717) is 11.8 Å². The highest BCUT2D eigenvalue weighted by molar-refractivity contribution is 5.79. The van der Waals surface area contributed by atoms with Crippen LogP contribution in [0.3, 0.4) is 0 Å². The molecule has 1 aromatic heterocycles. The number of piperazine rings is 1. The van der Waals surface area contributed by atoms with Crippen LogP contribution in [0.4, 0.5) is 0 Å². The molecule has 0 bridgehead atoms. The zero-order valence-corrected chi connectivity index (χ0v) is 14.4. The van der Waals surface area contributed by atoms with E-state index in [1.54, 1.807) is 0 Å². The zero-order chi connectivity index (χ0) is 16.1. The normalized spacial score (nSPS) is 20.8. The summed E-state index contributed by atoms with van der Waals surface area (Å²) in [4.78, 5) is 21.5. The Morgan fingerprint density at radius 3 is 2.57 bits per heavy atom. The van der Waals surface area contributed by atoms with Crippen LogP contribution in [-0.4, -0.2) is 58.0 Å². The molecule has 0 spiro atoms. The van der Waals surface area contributed by atoms with E-state index in [4.69, 9.17) is 0 Å². The van der Waals surface area contributed by atoms with Gasteiger partial charge in [0.1, 0.15) is 5.82 Å². The van der Waals surface area contributed by atoms with Crippen LogP contribution in [-0.2, 0) is 17.8 Å². The minimum Gasteiger partial charge on any atom is -0.340 e. The Bertz CT molecular complexity index is 499. The summed E-state index contributed by atoms with van der Waals surface area (Å²) < 4.78 is 2.25. The first-order valence-electron chi connectivity index (χ1n) is 9.29. The molecule has 1 aliphatic heterocycles. The molecule has 1 amide bonds. The summed E-state index contributed by atoms with van der Waals surface area (Å²) in [6, 6.07) is 0. The molecule has 0 unspecified atom stereocenters. The summed E-state index contributed by atoms with van der Waals surface area (Å²) in [6.07, 6.45) is 10.9. The van der Waals surface area contributed by atoms with E-state index < -0.39 is 0 Å². The second-order valence-electron chi connectivity index (χ2n) is 6.89. The van der Waals surface area contributed by atoms with Gasteiger partial charge in [-0.25, -0.2) is 4.98 Å². The molecule has 128 valence electrons. The van der Waals surface area contributed by atoms with Gasteiger partial charge in [0.2, 0.25) is 5.91 Å². The number of carbonyl (C=O) groups is 1. The molecule has 5 nitrogen and oxygen atoms in total. The zero-order valence-electron chi connectivity index (χ0n) is 14.4. The molecule has 0 atom stereocenters. The van der Waals surface area contributed by atoms with Gasteiger partial charge < -0.3 is 9.47 Å². The molecule has 23 heavy (non-hydrogen) atoms. The highest BCUT2D eigenvalue weighted by Gasteiger charge is 2.28. The van der Waals surface area contributed by atoms with Crippen LogP contribution in [0.1, 0.15) is 44.9 Å². The van der Waals surface area contributed by atoms with Crippen molar-refractivity contribution >= 4 is 5.91 Å². The van der Waals surface area contributed by atoms with Crippen LogP contribution >= 0.6 is 0 Å². The quantitative estimate of drug-likeness (QED) is 0.835. The molecule has 0 aromatic carbocycles. The molecule has 5 heteroatoms. The predicted octanol–water partition coefficient (Wildman–Crippen LogP) is 2.17. The Hall–Kier alpha value is -1.36. The minimum atomic E-state index is 0.313. The predicted molar refractivity (Wildman–Crippen MR) is 91.2 cm³/mol. The van der Waals surface area contributed by atoms with Crippen molar-refractivity contribution in [3.05, 3.63) is 18.2 Å². The van der Waals surface area contributed by atoms with Crippen molar-refractivity contribution in [1.29, 1.82) is 0 Å². The van der Waals surface area contributed by atoms with Crippen molar-refractivity contribution < 1.29 is 4.79 Å². The number of imidazole rings is 1. The number of nitrogens with zero attached hydrogens (tertiary/aromatic N) is 4. The first-order valence-corrected chi connectivity index (χ1v) is 9.29. The maximum Gasteiger partial charge on any atom is 0.225 e. The minimum absolute atomic E-state index is 0.313. The number of amides is 1. The van der Waals surface area contributed by atoms with Gasteiger partial charge in [0.15, 0.2) is 0 Å². The van der Waals surface area contributed by atoms with Crippen LogP contribution in [0.25, 0.3) is 0 Å². The molecule has 2 heterocycles. The number of aryl methyl sites for hydroxylation is 1. The van der Waals surface area contributed by atoms with Crippen molar-refractivity contribution in [2.45, 2.75) is 52.0 Å². The third-order valence-corrected chi connectivity index (χ3v) is 5.41. The molecule has 1 aromatic rings. The summed E-state index contributed by atoms with van der Waals surface area (Å²) in [5.41, 5.74) is 0. The van der Waals surface area contributed by atoms with E-state index >= 15 is 0 Å². The van der Waals surface area contributed by atoms with Crippen LogP contribution < -0.4 is 0 Å². The fraction of sp³-hybridized carbons (Fsp3) is 0.778. The van der Waals surface area contributed by atoms with Crippen LogP contribution in [0, 0.1) is 5.92 Å². The number of hydrogen-bond acceptors (Lipinski definition) is 3. The van der Waals surface area contributed by atoms with E-state index in [9.17, 15) is 4.79 Å². The fourth-order valence-corrected chi connectivity index (χ4v) is 3.91. The van der Waals surface area contributed by atoms with Crippen molar-refractivity contribution in [1.82, 2.24) is 19.4 Å².